The SMILES string of the molecule is CC(N)(N)CC(=O)OCC1c2ccccc2-c2ccccc21. The molecular formula is C18H20N2O2. The second-order valence-electron chi connectivity index (χ2n) is 6.09. The number of carbonyl (C=O) groups is 1. The molecular weight excluding hydrogens is 276 g/mol. The molecule has 4 N–H and O–H groups in total. The highest BCUT2D eigenvalue weighted by Crippen LogP contribution is 2.44. The number of esters is 1. The number of hydrogen-bond acceptors (Lipinski definition) is 4. The van der Waals surface area contributed by atoms with E-state index >= 15 is 0 Å². The lowest BCUT2D eigenvalue weighted by Gasteiger charge is -2.19. The van der Waals surface area contributed by atoms with Crippen LogP contribution in [0.1, 0.15) is 30.4 Å². The zero-order chi connectivity index (χ0) is 15.7. The Bertz CT molecular complexity index is 659. The van der Waals surface area contributed by atoms with Crippen molar-refractivity contribution in [2.24, 2.45) is 11.5 Å². The normalized spacial score (nSPS) is 13.6. The van der Waals surface area contributed by atoms with Crippen molar-refractivity contribution in [1.82, 2.24) is 0 Å². The lowest BCUT2D eigenvalue weighted by Crippen LogP contribution is -2.48. The summed E-state index contributed by atoms with van der Waals surface area (Å²) in [4.78, 5) is 11.9. The number of ether oxygens (including phenoxy) is 1. The minimum atomic E-state index is -1.04. The predicted octanol–water partition coefficient (Wildman–Crippen LogP) is 2.37. The molecule has 114 valence electrons. The highest BCUT2D eigenvalue weighted by molar-refractivity contribution is 5.79. The van der Waals surface area contributed by atoms with E-state index in [0.717, 1.165) is 0 Å². The van der Waals surface area contributed by atoms with Gasteiger partial charge >= 0.3 is 5.97 Å². The third-order valence-electron chi connectivity index (χ3n) is 3.90. The molecule has 0 spiro atoms. The first-order chi connectivity index (χ1) is 10.5. The van der Waals surface area contributed by atoms with E-state index < -0.39 is 5.66 Å². The molecule has 0 aromatic heterocycles. The molecule has 0 unspecified atom stereocenters. The van der Waals surface area contributed by atoms with Crippen LogP contribution in [0, 0.1) is 0 Å². The van der Waals surface area contributed by atoms with Gasteiger partial charge in [0.15, 0.2) is 0 Å². The van der Waals surface area contributed by atoms with Gasteiger partial charge in [-0.25, -0.2) is 0 Å². The molecule has 1 aliphatic carbocycles. The highest BCUT2D eigenvalue weighted by atomic mass is 16.5. The van der Waals surface area contributed by atoms with Crippen molar-refractivity contribution in [2.75, 3.05) is 6.61 Å². The summed E-state index contributed by atoms with van der Waals surface area (Å²) in [5, 5.41) is 0. The third-order valence-corrected chi connectivity index (χ3v) is 3.90. The van der Waals surface area contributed by atoms with Crippen LogP contribution in [0.2, 0.25) is 0 Å². The Kier molecular flexibility index (Phi) is 3.72. The fraction of sp³-hybridized carbons (Fsp3) is 0.278. The van der Waals surface area contributed by atoms with Crippen LogP contribution in [-0.4, -0.2) is 18.2 Å². The summed E-state index contributed by atoms with van der Waals surface area (Å²) in [6, 6.07) is 16.5. The molecule has 0 atom stereocenters. The molecule has 0 saturated heterocycles. The van der Waals surface area contributed by atoms with Crippen molar-refractivity contribution in [2.45, 2.75) is 24.9 Å². The quantitative estimate of drug-likeness (QED) is 0.670. The minimum Gasteiger partial charge on any atom is -0.465 e. The highest BCUT2D eigenvalue weighted by Gasteiger charge is 2.29. The van der Waals surface area contributed by atoms with E-state index in [9.17, 15) is 4.79 Å². The zero-order valence-corrected chi connectivity index (χ0v) is 12.6. The van der Waals surface area contributed by atoms with Crippen LogP contribution >= 0.6 is 0 Å². The first-order valence-corrected chi connectivity index (χ1v) is 7.37. The van der Waals surface area contributed by atoms with Crippen LogP contribution in [0.25, 0.3) is 11.1 Å². The van der Waals surface area contributed by atoms with Gasteiger partial charge in [0.1, 0.15) is 6.61 Å². The van der Waals surface area contributed by atoms with Gasteiger partial charge in [-0.1, -0.05) is 48.5 Å². The molecule has 4 nitrogen and oxygen atoms in total. The number of carbonyl (C=O) groups excluding carboxylic acids is 1. The smallest absolute Gasteiger partial charge is 0.309 e. The second-order valence-corrected chi connectivity index (χ2v) is 6.09. The van der Waals surface area contributed by atoms with Gasteiger partial charge in [0.2, 0.25) is 0 Å². The lowest BCUT2D eigenvalue weighted by molar-refractivity contribution is -0.145. The average molecular weight is 296 g/mol. The number of benzene rings is 2. The maximum Gasteiger partial charge on any atom is 0.309 e. The minimum absolute atomic E-state index is 0.00299. The monoisotopic (exact) mass is 296 g/mol. The van der Waals surface area contributed by atoms with Gasteiger partial charge in [-0.2, -0.15) is 0 Å². The second kappa shape index (κ2) is 5.55. The van der Waals surface area contributed by atoms with Crippen molar-refractivity contribution >= 4 is 5.97 Å². The average Bonchev–Trinajstić information content (AvgIpc) is 2.78. The molecule has 0 aliphatic heterocycles. The maximum atomic E-state index is 11.9. The van der Waals surface area contributed by atoms with E-state index in [1.807, 2.05) is 24.3 Å². The van der Waals surface area contributed by atoms with Crippen LogP contribution in [0.15, 0.2) is 48.5 Å². The molecule has 22 heavy (non-hydrogen) atoms. The van der Waals surface area contributed by atoms with E-state index in [2.05, 4.69) is 24.3 Å². The molecule has 2 aromatic carbocycles. The standard InChI is InChI=1S/C18H20N2O2/c1-18(19,20)10-17(21)22-11-16-14-8-4-2-6-12(14)13-7-3-5-9-15(13)16/h2-9,16H,10-11,19-20H2,1H3. The first-order valence-electron chi connectivity index (χ1n) is 7.37. The zero-order valence-electron chi connectivity index (χ0n) is 12.6. The fourth-order valence-electron chi connectivity index (χ4n) is 2.98. The fourth-order valence-corrected chi connectivity index (χ4v) is 2.98. The van der Waals surface area contributed by atoms with E-state index in [1.165, 1.54) is 22.3 Å². The third kappa shape index (κ3) is 2.89. The van der Waals surface area contributed by atoms with Crippen LogP contribution in [0.3, 0.4) is 0 Å². The predicted molar refractivity (Wildman–Crippen MR) is 86.1 cm³/mol. The van der Waals surface area contributed by atoms with E-state index in [1.54, 1.807) is 6.92 Å². The topological polar surface area (TPSA) is 78.3 Å². The molecule has 0 bridgehead atoms. The summed E-state index contributed by atoms with van der Waals surface area (Å²) >= 11 is 0. The van der Waals surface area contributed by atoms with Gasteiger partial charge in [-0.3, -0.25) is 4.79 Å². The number of rotatable bonds is 4. The summed E-state index contributed by atoms with van der Waals surface area (Å²) < 4.78 is 5.42. The summed E-state index contributed by atoms with van der Waals surface area (Å²) in [5.74, 6) is -0.299. The van der Waals surface area contributed by atoms with Gasteiger partial charge in [-0.05, 0) is 29.2 Å². The van der Waals surface area contributed by atoms with Gasteiger partial charge in [0.05, 0.1) is 12.1 Å². The molecule has 2 aromatic rings. The summed E-state index contributed by atoms with van der Waals surface area (Å²) in [6.45, 7) is 1.91. The van der Waals surface area contributed by atoms with E-state index in [-0.39, 0.29) is 18.3 Å². The van der Waals surface area contributed by atoms with Crippen molar-refractivity contribution in [3.05, 3.63) is 59.7 Å². The van der Waals surface area contributed by atoms with Crippen LogP contribution < -0.4 is 11.5 Å². The summed E-state index contributed by atoms with van der Waals surface area (Å²) in [7, 11) is 0. The van der Waals surface area contributed by atoms with Crippen molar-refractivity contribution < 1.29 is 9.53 Å². The Morgan fingerprint density at radius 2 is 1.55 bits per heavy atom. The van der Waals surface area contributed by atoms with Crippen LogP contribution in [-0.2, 0) is 9.53 Å². The van der Waals surface area contributed by atoms with Crippen LogP contribution in [0.4, 0.5) is 0 Å². The molecule has 3 rings (SSSR count). The van der Waals surface area contributed by atoms with Crippen molar-refractivity contribution in [1.29, 1.82) is 0 Å². The van der Waals surface area contributed by atoms with E-state index in [4.69, 9.17) is 16.2 Å². The van der Waals surface area contributed by atoms with Gasteiger partial charge < -0.3 is 16.2 Å². The van der Waals surface area contributed by atoms with Gasteiger partial charge in [0, 0.05) is 5.92 Å². The van der Waals surface area contributed by atoms with Crippen LogP contribution in [0.5, 0.6) is 0 Å². The molecule has 0 fully saturated rings. The Hall–Kier alpha value is -2.17. The number of fused-ring (bicyclic) bond motifs is 3. The molecule has 0 heterocycles. The Morgan fingerprint density at radius 1 is 1.05 bits per heavy atom. The number of nitrogens with two attached hydrogens (primary N) is 2. The largest absolute Gasteiger partial charge is 0.465 e. The Balaban J connectivity index is 1.81. The first kappa shape index (κ1) is 14.8. The number of hydrogen-bond donors (Lipinski definition) is 2. The van der Waals surface area contributed by atoms with Gasteiger partial charge in [-0.15, -0.1) is 0 Å². The molecule has 1 aliphatic rings. The Labute approximate surface area is 130 Å². The summed E-state index contributed by atoms with van der Waals surface area (Å²) in [5.41, 5.74) is 15.1. The molecule has 0 radical (unpaired) electrons. The van der Waals surface area contributed by atoms with E-state index in [0.29, 0.717) is 6.61 Å². The van der Waals surface area contributed by atoms with Gasteiger partial charge in [0.25, 0.3) is 0 Å². The Morgan fingerprint density at radius 3 is 2.05 bits per heavy atom. The summed E-state index contributed by atoms with van der Waals surface area (Å²) in [6.07, 6.45) is 0.00299. The molecule has 0 amide bonds. The van der Waals surface area contributed by atoms with Crippen molar-refractivity contribution in [3.8, 4) is 11.1 Å². The van der Waals surface area contributed by atoms with Crippen molar-refractivity contribution in [3.63, 3.8) is 0 Å². The maximum absolute atomic E-state index is 11.9. The lowest BCUT2D eigenvalue weighted by atomic mass is 9.98. The molecule has 4 heteroatoms. The molecule has 0 saturated carbocycles.